The number of hydrogen-bond donors (Lipinski definition) is 0. The Kier molecular flexibility index (Phi) is 5.10. The standard InChI is InChI=1S/C17H22FNO2/c1-12-10-14(18)7-8-16(12)17(21)19-9-5-3-4-6-15(19)11-13(2)20/h7-8,10,15H,3-6,9,11H2,1-2H3. The van der Waals surface area contributed by atoms with Gasteiger partial charge in [0.15, 0.2) is 0 Å². The highest BCUT2D eigenvalue weighted by Gasteiger charge is 2.27. The molecular formula is C17H22FNO2. The molecule has 1 heterocycles. The number of likely N-dealkylation sites (tertiary alicyclic amines) is 1. The molecule has 1 aromatic carbocycles. The van der Waals surface area contributed by atoms with E-state index in [2.05, 4.69) is 0 Å². The third-order valence-corrected chi connectivity index (χ3v) is 4.08. The van der Waals surface area contributed by atoms with Gasteiger partial charge in [-0.25, -0.2) is 4.39 Å². The van der Waals surface area contributed by atoms with Crippen molar-refractivity contribution in [3.05, 3.63) is 35.1 Å². The van der Waals surface area contributed by atoms with Crippen molar-refractivity contribution in [2.24, 2.45) is 0 Å². The van der Waals surface area contributed by atoms with E-state index in [1.807, 2.05) is 4.90 Å². The minimum atomic E-state index is -0.333. The number of Topliss-reactive ketones (excluding diaryl/α,β-unsaturated/α-hetero) is 1. The zero-order chi connectivity index (χ0) is 15.4. The molecule has 1 aromatic rings. The number of amides is 1. The average Bonchev–Trinajstić information content (AvgIpc) is 2.63. The van der Waals surface area contributed by atoms with Crippen LogP contribution in [0.1, 0.15) is 54.9 Å². The van der Waals surface area contributed by atoms with Gasteiger partial charge in [-0.1, -0.05) is 12.8 Å². The van der Waals surface area contributed by atoms with Crippen LogP contribution in [0, 0.1) is 12.7 Å². The van der Waals surface area contributed by atoms with E-state index in [-0.39, 0.29) is 23.5 Å². The zero-order valence-electron chi connectivity index (χ0n) is 12.7. The summed E-state index contributed by atoms with van der Waals surface area (Å²) in [7, 11) is 0. The number of hydrogen-bond acceptors (Lipinski definition) is 2. The lowest BCUT2D eigenvalue weighted by atomic mass is 10.0. The molecule has 2 rings (SSSR count). The van der Waals surface area contributed by atoms with Crippen LogP contribution in [-0.2, 0) is 4.79 Å². The van der Waals surface area contributed by atoms with Gasteiger partial charge in [-0.3, -0.25) is 9.59 Å². The van der Waals surface area contributed by atoms with Gasteiger partial charge in [0, 0.05) is 24.6 Å². The first-order chi connectivity index (χ1) is 9.99. The van der Waals surface area contributed by atoms with E-state index in [1.165, 1.54) is 12.1 Å². The first kappa shape index (κ1) is 15.7. The van der Waals surface area contributed by atoms with Gasteiger partial charge in [0.1, 0.15) is 11.6 Å². The molecule has 0 aromatic heterocycles. The van der Waals surface area contributed by atoms with Crippen molar-refractivity contribution < 1.29 is 14.0 Å². The van der Waals surface area contributed by atoms with E-state index in [0.29, 0.717) is 24.1 Å². The Morgan fingerprint density at radius 2 is 2.05 bits per heavy atom. The van der Waals surface area contributed by atoms with Gasteiger partial charge in [0.05, 0.1) is 0 Å². The van der Waals surface area contributed by atoms with Crippen LogP contribution in [0.3, 0.4) is 0 Å². The summed E-state index contributed by atoms with van der Waals surface area (Å²) >= 11 is 0. The van der Waals surface area contributed by atoms with Gasteiger partial charge in [0.2, 0.25) is 0 Å². The summed E-state index contributed by atoms with van der Waals surface area (Å²) < 4.78 is 13.2. The Balaban J connectivity index is 2.26. The summed E-state index contributed by atoms with van der Waals surface area (Å²) in [5, 5.41) is 0. The number of carbonyl (C=O) groups excluding carboxylic acids is 2. The van der Waals surface area contributed by atoms with Crippen LogP contribution >= 0.6 is 0 Å². The van der Waals surface area contributed by atoms with Crippen molar-refractivity contribution in [1.82, 2.24) is 4.90 Å². The van der Waals surface area contributed by atoms with E-state index in [9.17, 15) is 14.0 Å². The van der Waals surface area contributed by atoms with Crippen LogP contribution in [0.25, 0.3) is 0 Å². The maximum atomic E-state index is 13.2. The monoisotopic (exact) mass is 291 g/mol. The molecule has 0 spiro atoms. The first-order valence-corrected chi connectivity index (χ1v) is 7.55. The van der Waals surface area contributed by atoms with Crippen molar-refractivity contribution in [3.63, 3.8) is 0 Å². The summed E-state index contributed by atoms with van der Waals surface area (Å²) in [6, 6.07) is 4.22. The van der Waals surface area contributed by atoms with E-state index >= 15 is 0 Å². The van der Waals surface area contributed by atoms with Gasteiger partial charge < -0.3 is 4.90 Å². The van der Waals surface area contributed by atoms with Gasteiger partial charge in [0.25, 0.3) is 5.91 Å². The molecule has 0 aliphatic carbocycles. The Morgan fingerprint density at radius 3 is 2.71 bits per heavy atom. The maximum Gasteiger partial charge on any atom is 0.254 e. The molecular weight excluding hydrogens is 269 g/mol. The highest BCUT2D eigenvalue weighted by molar-refractivity contribution is 5.96. The average molecular weight is 291 g/mol. The first-order valence-electron chi connectivity index (χ1n) is 7.55. The molecule has 1 fully saturated rings. The lowest BCUT2D eigenvalue weighted by molar-refractivity contribution is -0.118. The minimum absolute atomic E-state index is 0.0260. The largest absolute Gasteiger partial charge is 0.335 e. The molecule has 1 aliphatic rings. The summed E-state index contributed by atoms with van der Waals surface area (Å²) in [5.74, 6) is -0.309. The third kappa shape index (κ3) is 3.90. The molecule has 1 unspecified atom stereocenters. The predicted octanol–water partition coefficient (Wildman–Crippen LogP) is 3.50. The molecule has 1 atom stereocenters. The number of aryl methyl sites for hydroxylation is 1. The molecule has 1 amide bonds. The van der Waals surface area contributed by atoms with Crippen LogP contribution in [0.5, 0.6) is 0 Å². The Morgan fingerprint density at radius 1 is 1.29 bits per heavy atom. The van der Waals surface area contributed by atoms with Crippen LogP contribution in [0.4, 0.5) is 4.39 Å². The van der Waals surface area contributed by atoms with E-state index in [0.717, 1.165) is 25.7 Å². The smallest absolute Gasteiger partial charge is 0.254 e. The third-order valence-electron chi connectivity index (χ3n) is 4.08. The summed E-state index contributed by atoms with van der Waals surface area (Å²) in [4.78, 5) is 26.0. The Labute approximate surface area is 125 Å². The van der Waals surface area contributed by atoms with Crippen molar-refractivity contribution in [1.29, 1.82) is 0 Å². The molecule has 0 saturated carbocycles. The maximum absolute atomic E-state index is 13.2. The number of benzene rings is 1. The molecule has 114 valence electrons. The van der Waals surface area contributed by atoms with Gasteiger partial charge in [-0.2, -0.15) is 0 Å². The van der Waals surface area contributed by atoms with Crippen LogP contribution in [0.15, 0.2) is 18.2 Å². The second-order valence-electron chi connectivity index (χ2n) is 5.87. The van der Waals surface area contributed by atoms with Crippen molar-refractivity contribution in [2.45, 2.75) is 52.0 Å². The summed E-state index contributed by atoms with van der Waals surface area (Å²) in [6.07, 6.45) is 4.36. The lowest BCUT2D eigenvalue weighted by Gasteiger charge is -2.30. The normalized spacial score (nSPS) is 19.2. The number of carbonyl (C=O) groups is 2. The molecule has 1 aliphatic heterocycles. The second-order valence-corrected chi connectivity index (χ2v) is 5.87. The van der Waals surface area contributed by atoms with Crippen LogP contribution in [0.2, 0.25) is 0 Å². The highest BCUT2D eigenvalue weighted by atomic mass is 19.1. The molecule has 1 saturated heterocycles. The fourth-order valence-corrected chi connectivity index (χ4v) is 3.01. The SMILES string of the molecule is CC(=O)CC1CCCCCN1C(=O)c1ccc(F)cc1C. The topological polar surface area (TPSA) is 37.4 Å². The van der Waals surface area contributed by atoms with Gasteiger partial charge in [-0.05, 0) is 50.5 Å². The van der Waals surface area contributed by atoms with E-state index in [4.69, 9.17) is 0 Å². The molecule has 3 nitrogen and oxygen atoms in total. The van der Waals surface area contributed by atoms with E-state index in [1.54, 1.807) is 19.9 Å². The zero-order valence-corrected chi connectivity index (χ0v) is 12.7. The van der Waals surface area contributed by atoms with Crippen molar-refractivity contribution in [2.75, 3.05) is 6.54 Å². The van der Waals surface area contributed by atoms with Gasteiger partial charge >= 0.3 is 0 Å². The molecule has 0 radical (unpaired) electrons. The highest BCUT2D eigenvalue weighted by Crippen LogP contribution is 2.23. The predicted molar refractivity (Wildman–Crippen MR) is 79.7 cm³/mol. The van der Waals surface area contributed by atoms with Crippen molar-refractivity contribution >= 4 is 11.7 Å². The molecule has 4 heteroatoms. The lowest BCUT2D eigenvalue weighted by Crippen LogP contribution is -2.41. The number of ketones is 1. The number of halogens is 1. The summed E-state index contributed by atoms with van der Waals surface area (Å²) in [5.41, 5.74) is 1.18. The fourth-order valence-electron chi connectivity index (χ4n) is 3.01. The molecule has 0 N–H and O–H groups in total. The second kappa shape index (κ2) is 6.83. The quantitative estimate of drug-likeness (QED) is 0.854. The summed E-state index contributed by atoms with van der Waals surface area (Å²) in [6.45, 7) is 3.98. The molecule has 0 bridgehead atoms. The van der Waals surface area contributed by atoms with Crippen LogP contribution in [-0.4, -0.2) is 29.2 Å². The molecule has 21 heavy (non-hydrogen) atoms. The Bertz CT molecular complexity index is 542. The minimum Gasteiger partial charge on any atom is -0.335 e. The number of nitrogens with zero attached hydrogens (tertiary/aromatic N) is 1. The fraction of sp³-hybridized carbons (Fsp3) is 0.529. The number of rotatable bonds is 3. The van der Waals surface area contributed by atoms with Crippen LogP contribution < -0.4 is 0 Å². The van der Waals surface area contributed by atoms with Gasteiger partial charge in [-0.15, -0.1) is 0 Å². The Hall–Kier alpha value is -1.71. The van der Waals surface area contributed by atoms with E-state index < -0.39 is 0 Å². The van der Waals surface area contributed by atoms with Crippen molar-refractivity contribution in [3.8, 4) is 0 Å².